The fourth-order valence-electron chi connectivity index (χ4n) is 2.28. The van der Waals surface area contributed by atoms with Gasteiger partial charge in [0.05, 0.1) is 11.0 Å². The lowest BCUT2D eigenvalue weighted by atomic mass is 10.4. The summed E-state index contributed by atoms with van der Waals surface area (Å²) in [6.45, 7) is 1.56. The molecule has 0 aliphatic heterocycles. The molecule has 0 atom stereocenters. The van der Waals surface area contributed by atoms with Gasteiger partial charge in [-0.3, -0.25) is 4.90 Å². The molecule has 2 aromatic heterocycles. The summed E-state index contributed by atoms with van der Waals surface area (Å²) in [7, 11) is 4.08. The monoisotopic (exact) mass is 328 g/mol. The lowest BCUT2D eigenvalue weighted by Crippen LogP contribution is -2.22. The Morgan fingerprint density at radius 3 is 2.85 bits per heavy atom. The molecular weight excluding hydrogens is 312 g/mol. The van der Waals surface area contributed by atoms with Crippen molar-refractivity contribution in [1.29, 1.82) is 0 Å². The van der Waals surface area contributed by atoms with Crippen molar-refractivity contribution < 1.29 is 0 Å². The summed E-state index contributed by atoms with van der Waals surface area (Å²) in [5.41, 5.74) is 0. The fourth-order valence-corrected chi connectivity index (χ4v) is 3.64. The number of nitrogens with zero attached hydrogens (tertiary/aromatic N) is 4. The second kappa shape index (κ2) is 5.60. The number of halogens is 1. The molecule has 7 heteroatoms. The normalized spacial score (nSPS) is 15.2. The number of rotatable bonds is 5. The zero-order valence-electron chi connectivity index (χ0n) is 11.5. The first kappa shape index (κ1) is 14.3. The van der Waals surface area contributed by atoms with Gasteiger partial charge in [0.25, 0.3) is 0 Å². The van der Waals surface area contributed by atoms with Crippen molar-refractivity contribution in [2.45, 2.75) is 32.0 Å². The standard InChI is InChI=1S/C13H17ClN4S2/c1-16(7-10-5-6-11(14)20-10)8-18-13(19)17(2)12(15-18)9-3-4-9/h5-6,9H,3-4,7-8H2,1-2H3. The van der Waals surface area contributed by atoms with Crippen molar-refractivity contribution in [3.63, 3.8) is 0 Å². The zero-order chi connectivity index (χ0) is 14.3. The summed E-state index contributed by atoms with van der Waals surface area (Å²) in [6, 6.07) is 4.00. The Balaban J connectivity index is 1.71. The van der Waals surface area contributed by atoms with Crippen LogP contribution in [0.4, 0.5) is 0 Å². The fraction of sp³-hybridized carbons (Fsp3) is 0.538. The molecule has 20 heavy (non-hydrogen) atoms. The van der Waals surface area contributed by atoms with Gasteiger partial charge in [0.2, 0.25) is 0 Å². The summed E-state index contributed by atoms with van der Waals surface area (Å²) in [4.78, 5) is 3.45. The van der Waals surface area contributed by atoms with E-state index in [1.807, 2.05) is 22.4 Å². The van der Waals surface area contributed by atoms with E-state index in [4.69, 9.17) is 23.8 Å². The molecule has 1 saturated carbocycles. The van der Waals surface area contributed by atoms with Gasteiger partial charge in [0, 0.05) is 24.4 Å². The smallest absolute Gasteiger partial charge is 0.198 e. The van der Waals surface area contributed by atoms with Gasteiger partial charge in [-0.2, -0.15) is 5.10 Å². The Bertz CT molecular complexity index is 668. The third-order valence-electron chi connectivity index (χ3n) is 3.45. The molecule has 2 heterocycles. The van der Waals surface area contributed by atoms with E-state index in [1.165, 1.54) is 17.7 Å². The van der Waals surface area contributed by atoms with Crippen LogP contribution in [0.3, 0.4) is 0 Å². The first-order valence-electron chi connectivity index (χ1n) is 6.61. The number of hydrogen-bond donors (Lipinski definition) is 0. The number of thiophene rings is 1. The molecule has 3 rings (SSSR count). The SMILES string of the molecule is CN(Cc1ccc(Cl)s1)Cn1nc(C2CC2)n(C)c1=S. The maximum atomic E-state index is 5.96. The van der Waals surface area contributed by atoms with Crippen LogP contribution in [0.2, 0.25) is 4.34 Å². The van der Waals surface area contributed by atoms with Crippen molar-refractivity contribution in [2.75, 3.05) is 7.05 Å². The minimum atomic E-state index is 0.615. The van der Waals surface area contributed by atoms with Gasteiger partial charge >= 0.3 is 0 Å². The molecule has 1 fully saturated rings. The summed E-state index contributed by atoms with van der Waals surface area (Å²) in [6.07, 6.45) is 2.48. The second-order valence-electron chi connectivity index (χ2n) is 5.34. The van der Waals surface area contributed by atoms with Gasteiger partial charge in [-0.05, 0) is 44.2 Å². The first-order chi connectivity index (χ1) is 9.54. The van der Waals surface area contributed by atoms with Crippen LogP contribution >= 0.6 is 35.2 Å². The molecule has 0 radical (unpaired) electrons. The van der Waals surface area contributed by atoms with Gasteiger partial charge < -0.3 is 4.57 Å². The molecule has 0 spiro atoms. The van der Waals surface area contributed by atoms with E-state index in [0.717, 1.165) is 21.5 Å². The van der Waals surface area contributed by atoms with Crippen LogP contribution in [0.25, 0.3) is 0 Å². The quantitative estimate of drug-likeness (QED) is 0.784. The van der Waals surface area contributed by atoms with Crippen molar-refractivity contribution in [3.05, 3.63) is 31.9 Å². The van der Waals surface area contributed by atoms with Crippen LogP contribution in [0, 0.1) is 4.77 Å². The number of aromatic nitrogens is 3. The highest BCUT2D eigenvalue weighted by Gasteiger charge is 2.29. The predicted molar refractivity (Wildman–Crippen MR) is 84.8 cm³/mol. The van der Waals surface area contributed by atoms with Crippen LogP contribution in [0.1, 0.15) is 29.5 Å². The largest absolute Gasteiger partial charge is 0.307 e. The Morgan fingerprint density at radius 2 is 2.25 bits per heavy atom. The van der Waals surface area contributed by atoms with Gasteiger partial charge in [-0.1, -0.05) is 11.6 Å². The van der Waals surface area contributed by atoms with Crippen LogP contribution in [0.5, 0.6) is 0 Å². The third kappa shape index (κ3) is 2.98. The van der Waals surface area contributed by atoms with Gasteiger partial charge in [0.1, 0.15) is 5.82 Å². The molecule has 0 unspecified atom stereocenters. The van der Waals surface area contributed by atoms with Gasteiger partial charge in [0.15, 0.2) is 4.77 Å². The lowest BCUT2D eigenvalue weighted by molar-refractivity contribution is 0.245. The maximum Gasteiger partial charge on any atom is 0.198 e. The average molecular weight is 329 g/mol. The van der Waals surface area contributed by atoms with E-state index in [1.54, 1.807) is 11.3 Å². The van der Waals surface area contributed by atoms with Crippen LogP contribution < -0.4 is 0 Å². The maximum absolute atomic E-state index is 5.96. The molecule has 0 amide bonds. The highest BCUT2D eigenvalue weighted by atomic mass is 35.5. The topological polar surface area (TPSA) is 26.0 Å². The molecule has 4 nitrogen and oxygen atoms in total. The molecule has 1 aliphatic carbocycles. The molecule has 0 aromatic carbocycles. The average Bonchev–Trinajstić information content (AvgIpc) is 3.11. The molecule has 0 N–H and O–H groups in total. The first-order valence-corrected chi connectivity index (χ1v) is 8.21. The van der Waals surface area contributed by atoms with E-state index in [2.05, 4.69) is 23.1 Å². The highest BCUT2D eigenvalue weighted by Crippen LogP contribution is 2.38. The Kier molecular flexibility index (Phi) is 3.99. The van der Waals surface area contributed by atoms with E-state index in [-0.39, 0.29) is 0 Å². The van der Waals surface area contributed by atoms with Gasteiger partial charge in [-0.15, -0.1) is 11.3 Å². The van der Waals surface area contributed by atoms with Crippen LogP contribution in [-0.4, -0.2) is 26.3 Å². The molecule has 108 valence electrons. The third-order valence-corrected chi connectivity index (χ3v) is 5.15. The van der Waals surface area contributed by atoms with E-state index < -0.39 is 0 Å². The molecule has 2 aromatic rings. The lowest BCUT2D eigenvalue weighted by Gasteiger charge is -2.15. The molecule has 0 saturated heterocycles. The minimum absolute atomic E-state index is 0.615. The van der Waals surface area contributed by atoms with E-state index in [9.17, 15) is 0 Å². The molecule has 0 bridgehead atoms. The molecule has 1 aliphatic rings. The molecular formula is C13H17ClN4S2. The summed E-state index contributed by atoms with van der Waals surface area (Å²) in [5, 5.41) is 4.67. The van der Waals surface area contributed by atoms with Crippen molar-refractivity contribution in [2.24, 2.45) is 7.05 Å². The van der Waals surface area contributed by atoms with Crippen LogP contribution in [-0.2, 0) is 20.3 Å². The Morgan fingerprint density at radius 1 is 1.50 bits per heavy atom. The van der Waals surface area contributed by atoms with Crippen LogP contribution in [0.15, 0.2) is 12.1 Å². The van der Waals surface area contributed by atoms with E-state index in [0.29, 0.717) is 12.6 Å². The summed E-state index contributed by atoms with van der Waals surface area (Å²) >= 11 is 13.0. The van der Waals surface area contributed by atoms with Gasteiger partial charge in [-0.25, -0.2) is 4.68 Å². The predicted octanol–water partition coefficient (Wildman–Crippen LogP) is 3.63. The highest BCUT2D eigenvalue weighted by molar-refractivity contribution is 7.71. The van der Waals surface area contributed by atoms with E-state index >= 15 is 0 Å². The summed E-state index contributed by atoms with van der Waals surface area (Å²) < 4.78 is 5.59. The van der Waals surface area contributed by atoms with Crippen molar-refractivity contribution in [3.8, 4) is 0 Å². The number of hydrogen-bond acceptors (Lipinski definition) is 4. The minimum Gasteiger partial charge on any atom is -0.307 e. The zero-order valence-corrected chi connectivity index (χ0v) is 13.9. The summed E-state index contributed by atoms with van der Waals surface area (Å²) in [5.74, 6) is 1.74. The Labute approximate surface area is 132 Å². The Hall–Kier alpha value is -0.690. The van der Waals surface area contributed by atoms with Crippen molar-refractivity contribution in [1.82, 2.24) is 19.2 Å². The second-order valence-corrected chi connectivity index (χ2v) is 7.50. The van der Waals surface area contributed by atoms with Crippen molar-refractivity contribution >= 4 is 35.2 Å².